The molecule has 0 aliphatic carbocycles. The quantitative estimate of drug-likeness (QED) is 0.490. The lowest BCUT2D eigenvalue weighted by atomic mass is 10.1. The van der Waals surface area contributed by atoms with E-state index in [0.29, 0.717) is 25.3 Å². The number of carbonyl (C=O) groups is 1. The summed E-state index contributed by atoms with van der Waals surface area (Å²) in [6.45, 7) is 5.72. The minimum absolute atomic E-state index is 0.0714. The minimum Gasteiger partial charge on any atom is -0.377 e. The Morgan fingerprint density at radius 1 is 1.14 bits per heavy atom. The van der Waals surface area contributed by atoms with E-state index in [4.69, 9.17) is 4.74 Å². The minimum atomic E-state index is -0.0714. The molecular weight excluding hydrogens is 388 g/mol. The summed E-state index contributed by atoms with van der Waals surface area (Å²) in [5.41, 5.74) is 3.94. The summed E-state index contributed by atoms with van der Waals surface area (Å²) < 4.78 is 5.50. The molecule has 146 valence electrons. The van der Waals surface area contributed by atoms with Crippen molar-refractivity contribution in [1.29, 1.82) is 0 Å². The molecule has 6 heteroatoms. The number of ether oxygens (including phenoxy) is 1. The van der Waals surface area contributed by atoms with E-state index in [9.17, 15) is 4.79 Å². The number of aromatic nitrogens is 1. The third-order valence-corrected chi connectivity index (χ3v) is 6.06. The van der Waals surface area contributed by atoms with Crippen LogP contribution in [-0.2, 0) is 23.6 Å². The van der Waals surface area contributed by atoms with Gasteiger partial charge in [0.1, 0.15) is 0 Å². The summed E-state index contributed by atoms with van der Waals surface area (Å²) in [4.78, 5) is 18.1. The summed E-state index contributed by atoms with van der Waals surface area (Å²) in [6.07, 6.45) is 0. The van der Waals surface area contributed by atoms with E-state index >= 15 is 0 Å². The van der Waals surface area contributed by atoms with E-state index in [2.05, 4.69) is 15.7 Å². The van der Waals surface area contributed by atoms with Gasteiger partial charge < -0.3 is 10.1 Å². The van der Waals surface area contributed by atoms with Crippen LogP contribution in [0.1, 0.15) is 39.1 Å². The van der Waals surface area contributed by atoms with Crippen molar-refractivity contribution in [2.24, 2.45) is 0 Å². The molecule has 2 aromatic carbocycles. The number of carbonyl (C=O) groups excluding carboxylic acids is 1. The average molecular weight is 413 g/mol. The molecule has 1 heterocycles. The molecule has 0 atom stereocenters. The van der Waals surface area contributed by atoms with Crippen LogP contribution in [-0.4, -0.2) is 17.5 Å². The molecule has 0 aliphatic heterocycles. The SMILES string of the molecule is CCOCc1ccccc1CNC(=O)c1ccc(SCc2csc(C)n2)cc1. The van der Waals surface area contributed by atoms with Gasteiger partial charge in [0.2, 0.25) is 0 Å². The molecule has 0 unspecified atom stereocenters. The second-order valence-corrected chi connectivity index (χ2v) is 8.37. The first-order valence-electron chi connectivity index (χ1n) is 9.22. The van der Waals surface area contributed by atoms with Crippen molar-refractivity contribution in [3.8, 4) is 0 Å². The number of benzene rings is 2. The zero-order valence-electron chi connectivity index (χ0n) is 16.1. The first kappa shape index (κ1) is 20.6. The number of thiazole rings is 1. The van der Waals surface area contributed by atoms with Gasteiger partial charge >= 0.3 is 0 Å². The van der Waals surface area contributed by atoms with Crippen LogP contribution in [0.15, 0.2) is 58.8 Å². The molecule has 3 aromatic rings. The number of amides is 1. The standard InChI is InChI=1S/C22H24N2O2S2/c1-3-26-13-19-7-5-4-6-18(19)12-23-22(25)17-8-10-21(11-9-17)28-15-20-14-27-16(2)24-20/h4-11,14H,3,12-13,15H2,1-2H3,(H,23,25). The molecule has 0 fully saturated rings. The zero-order chi connectivity index (χ0) is 19.8. The fourth-order valence-corrected chi connectivity index (χ4v) is 4.20. The monoisotopic (exact) mass is 412 g/mol. The second-order valence-electron chi connectivity index (χ2n) is 6.26. The fraction of sp³-hybridized carbons (Fsp3) is 0.273. The summed E-state index contributed by atoms with van der Waals surface area (Å²) >= 11 is 3.40. The third-order valence-electron chi connectivity index (χ3n) is 4.19. The van der Waals surface area contributed by atoms with E-state index in [0.717, 1.165) is 32.5 Å². The van der Waals surface area contributed by atoms with E-state index < -0.39 is 0 Å². The molecular formula is C22H24N2O2S2. The first-order valence-corrected chi connectivity index (χ1v) is 11.1. The van der Waals surface area contributed by atoms with Crippen LogP contribution in [0, 0.1) is 6.92 Å². The lowest BCUT2D eigenvalue weighted by Crippen LogP contribution is -2.23. The van der Waals surface area contributed by atoms with Gasteiger partial charge in [0, 0.05) is 34.7 Å². The van der Waals surface area contributed by atoms with Crippen molar-refractivity contribution in [1.82, 2.24) is 10.3 Å². The van der Waals surface area contributed by atoms with Gasteiger partial charge in [-0.15, -0.1) is 23.1 Å². The molecule has 0 spiro atoms. The van der Waals surface area contributed by atoms with E-state index in [1.807, 2.05) is 62.4 Å². The number of rotatable bonds is 9. The molecule has 0 aliphatic rings. The molecule has 0 bridgehead atoms. The lowest BCUT2D eigenvalue weighted by molar-refractivity contribution is 0.0949. The van der Waals surface area contributed by atoms with Crippen molar-refractivity contribution >= 4 is 29.0 Å². The highest BCUT2D eigenvalue weighted by Crippen LogP contribution is 2.24. The maximum atomic E-state index is 12.5. The van der Waals surface area contributed by atoms with Crippen LogP contribution in [0.4, 0.5) is 0 Å². The van der Waals surface area contributed by atoms with Crippen LogP contribution in [0.2, 0.25) is 0 Å². The van der Waals surface area contributed by atoms with Crippen LogP contribution in [0.25, 0.3) is 0 Å². The first-order chi connectivity index (χ1) is 13.7. The molecule has 1 N–H and O–H groups in total. The number of hydrogen-bond acceptors (Lipinski definition) is 5. The highest BCUT2D eigenvalue weighted by Gasteiger charge is 2.08. The van der Waals surface area contributed by atoms with Gasteiger partial charge in [0.15, 0.2) is 0 Å². The van der Waals surface area contributed by atoms with Gasteiger partial charge in [-0.1, -0.05) is 24.3 Å². The van der Waals surface area contributed by atoms with Gasteiger partial charge in [-0.05, 0) is 49.2 Å². The molecule has 3 rings (SSSR count). The Bertz CT molecular complexity index is 907. The normalized spacial score (nSPS) is 10.8. The van der Waals surface area contributed by atoms with E-state index in [1.54, 1.807) is 23.1 Å². The number of nitrogens with zero attached hydrogens (tertiary/aromatic N) is 1. The highest BCUT2D eigenvalue weighted by atomic mass is 32.2. The number of aryl methyl sites for hydroxylation is 1. The largest absolute Gasteiger partial charge is 0.377 e. The molecule has 0 saturated carbocycles. The van der Waals surface area contributed by atoms with Gasteiger partial charge in [0.05, 0.1) is 17.3 Å². The Morgan fingerprint density at radius 3 is 2.57 bits per heavy atom. The van der Waals surface area contributed by atoms with Crippen molar-refractivity contribution < 1.29 is 9.53 Å². The summed E-state index contributed by atoms with van der Waals surface area (Å²) in [7, 11) is 0. The molecule has 28 heavy (non-hydrogen) atoms. The molecule has 4 nitrogen and oxygen atoms in total. The van der Waals surface area contributed by atoms with Gasteiger partial charge in [-0.2, -0.15) is 0 Å². The molecule has 0 saturated heterocycles. The van der Waals surface area contributed by atoms with Crippen molar-refractivity contribution in [3.63, 3.8) is 0 Å². The Labute approximate surface area is 174 Å². The average Bonchev–Trinajstić information content (AvgIpc) is 3.15. The zero-order valence-corrected chi connectivity index (χ0v) is 17.7. The molecule has 1 amide bonds. The molecule has 0 radical (unpaired) electrons. The van der Waals surface area contributed by atoms with Crippen molar-refractivity contribution in [3.05, 3.63) is 81.3 Å². The van der Waals surface area contributed by atoms with Crippen molar-refractivity contribution in [2.75, 3.05) is 6.61 Å². The highest BCUT2D eigenvalue weighted by molar-refractivity contribution is 7.98. The Kier molecular flexibility index (Phi) is 7.65. The van der Waals surface area contributed by atoms with Crippen LogP contribution < -0.4 is 5.32 Å². The second kappa shape index (κ2) is 10.4. The summed E-state index contributed by atoms with van der Waals surface area (Å²) in [5, 5.41) is 6.18. The van der Waals surface area contributed by atoms with E-state index in [1.165, 1.54) is 0 Å². The smallest absolute Gasteiger partial charge is 0.251 e. The Morgan fingerprint density at radius 2 is 1.89 bits per heavy atom. The number of hydrogen-bond donors (Lipinski definition) is 1. The van der Waals surface area contributed by atoms with Crippen LogP contribution >= 0.6 is 23.1 Å². The molecule has 1 aromatic heterocycles. The van der Waals surface area contributed by atoms with Gasteiger partial charge in [-0.25, -0.2) is 4.98 Å². The third kappa shape index (κ3) is 5.92. The maximum absolute atomic E-state index is 12.5. The predicted molar refractivity (Wildman–Crippen MR) is 116 cm³/mol. The number of nitrogens with one attached hydrogen (secondary N) is 1. The van der Waals surface area contributed by atoms with E-state index in [-0.39, 0.29) is 5.91 Å². The maximum Gasteiger partial charge on any atom is 0.251 e. The number of thioether (sulfide) groups is 1. The Hall–Kier alpha value is -2.15. The topological polar surface area (TPSA) is 51.2 Å². The van der Waals surface area contributed by atoms with Crippen LogP contribution in [0.5, 0.6) is 0 Å². The van der Waals surface area contributed by atoms with Gasteiger partial charge in [0.25, 0.3) is 5.91 Å². The van der Waals surface area contributed by atoms with Crippen molar-refractivity contribution in [2.45, 2.75) is 37.6 Å². The van der Waals surface area contributed by atoms with Gasteiger partial charge in [-0.3, -0.25) is 4.79 Å². The van der Waals surface area contributed by atoms with Crippen LogP contribution in [0.3, 0.4) is 0 Å². The lowest BCUT2D eigenvalue weighted by Gasteiger charge is -2.11. The fourth-order valence-electron chi connectivity index (χ4n) is 2.69. The summed E-state index contributed by atoms with van der Waals surface area (Å²) in [5.74, 6) is 0.768. The summed E-state index contributed by atoms with van der Waals surface area (Å²) in [6, 6.07) is 15.7. The Balaban J connectivity index is 1.53. The predicted octanol–water partition coefficient (Wildman–Crippen LogP) is 5.21.